The predicted molar refractivity (Wildman–Crippen MR) is 172 cm³/mol. The van der Waals surface area contributed by atoms with Crippen molar-refractivity contribution in [1.82, 2.24) is 25.6 Å². The Kier molecular flexibility index (Phi) is 8.72. The molecular formula is C36H39N5O7. The van der Waals surface area contributed by atoms with E-state index in [0.717, 1.165) is 36.8 Å². The number of aromatic nitrogens is 1. The van der Waals surface area contributed by atoms with Gasteiger partial charge in [0.1, 0.15) is 18.1 Å². The molecule has 1 unspecified atom stereocenters. The first-order valence-corrected chi connectivity index (χ1v) is 16.8. The fourth-order valence-electron chi connectivity index (χ4n) is 7.27. The normalized spacial score (nSPS) is 21.8. The van der Waals surface area contributed by atoms with Gasteiger partial charge in [0.15, 0.2) is 5.69 Å². The topological polar surface area (TPSA) is 151 Å². The molecule has 4 aliphatic rings. The van der Waals surface area contributed by atoms with Gasteiger partial charge >= 0.3 is 0 Å². The van der Waals surface area contributed by atoms with E-state index in [2.05, 4.69) is 15.8 Å². The first kappa shape index (κ1) is 31.6. The van der Waals surface area contributed by atoms with E-state index in [-0.39, 0.29) is 43.2 Å². The Morgan fingerprint density at radius 1 is 0.958 bits per heavy atom. The number of hydrogen-bond acceptors (Lipinski definition) is 8. The predicted octanol–water partition coefficient (Wildman–Crippen LogP) is 3.60. The molecule has 2 N–H and O–H groups in total. The Bertz CT molecular complexity index is 1730. The Balaban J connectivity index is 1.16. The summed E-state index contributed by atoms with van der Waals surface area (Å²) in [5, 5.41) is 9.62. The van der Waals surface area contributed by atoms with Gasteiger partial charge in [-0.2, -0.15) is 0 Å². The van der Waals surface area contributed by atoms with Crippen molar-refractivity contribution in [3.8, 4) is 5.75 Å². The summed E-state index contributed by atoms with van der Waals surface area (Å²) in [7, 11) is 0. The third-order valence-corrected chi connectivity index (χ3v) is 9.85. The van der Waals surface area contributed by atoms with Crippen molar-refractivity contribution in [1.29, 1.82) is 0 Å². The average Bonchev–Trinajstić information content (AvgIpc) is 3.76. The number of nitrogens with zero attached hydrogens (tertiary/aromatic N) is 3. The molecule has 1 aromatic heterocycles. The number of benzene rings is 2. The van der Waals surface area contributed by atoms with Crippen LogP contribution in [0.3, 0.4) is 0 Å². The minimum absolute atomic E-state index is 0.0562. The zero-order valence-electron chi connectivity index (χ0n) is 26.9. The molecule has 0 saturated heterocycles. The van der Waals surface area contributed by atoms with Gasteiger partial charge in [0.05, 0.1) is 30.3 Å². The van der Waals surface area contributed by atoms with Crippen LogP contribution in [-0.4, -0.2) is 76.8 Å². The minimum Gasteiger partial charge on any atom is -0.491 e. The van der Waals surface area contributed by atoms with Crippen LogP contribution in [0.5, 0.6) is 5.75 Å². The molecule has 3 atom stereocenters. The molecule has 48 heavy (non-hydrogen) atoms. The van der Waals surface area contributed by atoms with Crippen molar-refractivity contribution < 1.29 is 33.2 Å². The maximum absolute atomic E-state index is 14.6. The molecule has 250 valence electrons. The summed E-state index contributed by atoms with van der Waals surface area (Å²) in [6.45, 7) is 2.33. The van der Waals surface area contributed by atoms with Crippen molar-refractivity contribution in [3.05, 3.63) is 82.2 Å². The highest BCUT2D eigenvalue weighted by molar-refractivity contribution is 6.21. The molecule has 3 heterocycles. The molecule has 12 heteroatoms. The quantitative estimate of drug-likeness (QED) is 0.249. The number of aryl methyl sites for hydroxylation is 1. The number of carbonyl (C=O) groups excluding carboxylic acids is 5. The second kappa shape index (κ2) is 13.2. The van der Waals surface area contributed by atoms with Crippen molar-refractivity contribution in [3.63, 3.8) is 0 Å². The number of fused-ring (bicyclic) bond motifs is 2. The van der Waals surface area contributed by atoms with Crippen LogP contribution in [0.2, 0.25) is 0 Å². The number of rotatable bonds is 10. The standard InChI is InChI=1S/C36H39N5O7/c1-21-19-28(39-48-21)33(43)37-16-18-47-30-12-6-7-22-15-17-40(34(44)25-9-3-2-8-24(25)32(42)38-23-13-14-23)29(31(22)30)20-41-35(45)26-10-4-5-11-27(26)36(41)46/h4-7,10-12,19,23-25,29H,2-3,8-9,13-18,20H2,1H3,(H,37,43)(H,38,42)/t24-,25+,29?/m0/s1. The second-order valence-corrected chi connectivity index (χ2v) is 13.1. The van der Waals surface area contributed by atoms with Crippen LogP contribution in [-0.2, 0) is 16.0 Å². The lowest BCUT2D eigenvalue weighted by Crippen LogP contribution is -2.51. The third-order valence-electron chi connectivity index (χ3n) is 9.85. The first-order valence-electron chi connectivity index (χ1n) is 16.8. The van der Waals surface area contributed by atoms with Gasteiger partial charge in [-0.05, 0) is 62.8 Å². The number of carbonyl (C=O) groups is 5. The van der Waals surface area contributed by atoms with Crippen LogP contribution < -0.4 is 15.4 Å². The summed E-state index contributed by atoms with van der Waals surface area (Å²) in [4.78, 5) is 70.5. The lowest BCUT2D eigenvalue weighted by Gasteiger charge is -2.42. The van der Waals surface area contributed by atoms with Crippen LogP contribution in [0.4, 0.5) is 0 Å². The van der Waals surface area contributed by atoms with E-state index in [1.54, 1.807) is 48.2 Å². The average molecular weight is 654 g/mol. The summed E-state index contributed by atoms with van der Waals surface area (Å²) < 4.78 is 11.2. The Morgan fingerprint density at radius 3 is 2.38 bits per heavy atom. The van der Waals surface area contributed by atoms with Crippen LogP contribution in [0, 0.1) is 18.8 Å². The van der Waals surface area contributed by atoms with Gasteiger partial charge < -0.3 is 24.8 Å². The van der Waals surface area contributed by atoms with Gasteiger partial charge in [-0.15, -0.1) is 0 Å². The molecule has 0 bridgehead atoms. The molecule has 5 amide bonds. The molecule has 0 spiro atoms. The summed E-state index contributed by atoms with van der Waals surface area (Å²) >= 11 is 0. The summed E-state index contributed by atoms with van der Waals surface area (Å²) in [5.41, 5.74) is 2.52. The number of imide groups is 1. The van der Waals surface area contributed by atoms with Crippen LogP contribution >= 0.6 is 0 Å². The molecular weight excluding hydrogens is 614 g/mol. The smallest absolute Gasteiger partial charge is 0.273 e. The Labute approximate surface area is 278 Å². The van der Waals surface area contributed by atoms with E-state index in [9.17, 15) is 24.0 Å². The maximum Gasteiger partial charge on any atom is 0.273 e. The van der Waals surface area contributed by atoms with Gasteiger partial charge in [0.25, 0.3) is 17.7 Å². The monoisotopic (exact) mass is 653 g/mol. The van der Waals surface area contributed by atoms with Crippen LogP contribution in [0.1, 0.15) is 92.7 Å². The minimum atomic E-state index is -0.693. The summed E-state index contributed by atoms with van der Waals surface area (Å²) in [6, 6.07) is 13.4. The number of hydrogen-bond donors (Lipinski definition) is 2. The molecule has 3 aromatic rings. The molecule has 2 aliphatic carbocycles. The van der Waals surface area contributed by atoms with Gasteiger partial charge in [-0.3, -0.25) is 28.9 Å². The Hall–Kier alpha value is -5.00. The molecule has 0 radical (unpaired) electrons. The van der Waals surface area contributed by atoms with Crippen LogP contribution in [0.25, 0.3) is 0 Å². The van der Waals surface area contributed by atoms with Crippen molar-refractivity contribution >= 4 is 29.5 Å². The van der Waals surface area contributed by atoms with E-state index >= 15 is 0 Å². The molecule has 2 aliphatic heterocycles. The molecule has 12 nitrogen and oxygen atoms in total. The van der Waals surface area contributed by atoms with E-state index in [4.69, 9.17) is 9.26 Å². The highest BCUT2D eigenvalue weighted by Crippen LogP contribution is 2.41. The zero-order valence-corrected chi connectivity index (χ0v) is 26.9. The van der Waals surface area contributed by atoms with Gasteiger partial charge in [-0.25, -0.2) is 0 Å². The van der Waals surface area contributed by atoms with E-state index in [0.29, 0.717) is 48.4 Å². The first-order chi connectivity index (χ1) is 23.3. The molecule has 2 aromatic carbocycles. The second-order valence-electron chi connectivity index (χ2n) is 13.1. The van der Waals surface area contributed by atoms with Gasteiger partial charge in [0, 0.05) is 36.1 Å². The lowest BCUT2D eigenvalue weighted by molar-refractivity contribution is -0.146. The number of amides is 5. The highest BCUT2D eigenvalue weighted by atomic mass is 16.5. The largest absolute Gasteiger partial charge is 0.491 e. The van der Waals surface area contributed by atoms with E-state index < -0.39 is 35.6 Å². The van der Waals surface area contributed by atoms with Crippen LogP contribution in [0.15, 0.2) is 53.1 Å². The fraction of sp³-hybridized carbons (Fsp3) is 0.444. The number of ether oxygens (including phenoxy) is 1. The zero-order chi connectivity index (χ0) is 33.4. The molecule has 2 fully saturated rings. The molecule has 2 saturated carbocycles. The highest BCUT2D eigenvalue weighted by Gasteiger charge is 2.45. The van der Waals surface area contributed by atoms with Crippen molar-refractivity contribution in [2.45, 2.75) is 64.0 Å². The number of nitrogens with one attached hydrogen (secondary N) is 2. The maximum atomic E-state index is 14.6. The summed E-state index contributed by atoms with van der Waals surface area (Å²) in [5.74, 6) is -1.28. The van der Waals surface area contributed by atoms with Crippen molar-refractivity contribution in [2.24, 2.45) is 11.8 Å². The molecule has 7 rings (SSSR count). The van der Waals surface area contributed by atoms with Gasteiger partial charge in [-0.1, -0.05) is 42.3 Å². The fourth-order valence-corrected chi connectivity index (χ4v) is 7.27. The Morgan fingerprint density at radius 2 is 1.69 bits per heavy atom. The lowest BCUT2D eigenvalue weighted by atomic mass is 9.77. The summed E-state index contributed by atoms with van der Waals surface area (Å²) in [6.07, 6.45) is 5.47. The van der Waals surface area contributed by atoms with E-state index in [1.165, 1.54) is 4.90 Å². The van der Waals surface area contributed by atoms with Gasteiger partial charge in [0.2, 0.25) is 11.8 Å². The van der Waals surface area contributed by atoms with E-state index in [1.807, 2.05) is 12.1 Å². The SMILES string of the molecule is Cc1cc(C(=O)NCCOc2cccc3c2C(CN2C(=O)c4ccccc4C2=O)N(C(=O)[C@@H]2CCCC[C@@H]2C(=O)NC2CC2)CC3)no1. The van der Waals surface area contributed by atoms with Crippen molar-refractivity contribution in [2.75, 3.05) is 26.2 Å². The third kappa shape index (κ3) is 6.18.